The Bertz CT molecular complexity index is 893. The molecule has 102 valence electrons. The quantitative estimate of drug-likeness (QED) is 0.612. The first kappa shape index (κ1) is 12.9. The molecule has 1 aromatic heterocycles. The van der Waals surface area contributed by atoms with Gasteiger partial charge < -0.3 is 4.57 Å². The molecule has 0 aliphatic heterocycles. The third kappa shape index (κ3) is 1.61. The number of hydrogen-bond donors (Lipinski definition) is 0. The van der Waals surface area contributed by atoms with Crippen molar-refractivity contribution in [3.05, 3.63) is 51.6 Å². The molecule has 2 heteroatoms. The fraction of sp³-hybridized carbons (Fsp3) is 0.278. The van der Waals surface area contributed by atoms with Crippen molar-refractivity contribution < 1.29 is 0 Å². The van der Waals surface area contributed by atoms with E-state index >= 15 is 0 Å². The molecule has 1 heterocycles. The summed E-state index contributed by atoms with van der Waals surface area (Å²) in [7, 11) is 1.78. The van der Waals surface area contributed by atoms with Crippen LogP contribution in [0.2, 0.25) is 0 Å². The lowest BCUT2D eigenvalue weighted by atomic mass is 9.82. The molecule has 0 aliphatic carbocycles. The van der Waals surface area contributed by atoms with Crippen LogP contribution in [0.15, 0.2) is 35.1 Å². The Labute approximate surface area is 118 Å². The minimum Gasteiger partial charge on any atom is -0.311 e. The molecular weight excluding hydrogens is 246 g/mol. The van der Waals surface area contributed by atoms with Crippen LogP contribution in [0.5, 0.6) is 0 Å². The van der Waals surface area contributed by atoms with E-state index in [1.54, 1.807) is 11.6 Å². The fourth-order valence-corrected chi connectivity index (χ4v) is 2.96. The second kappa shape index (κ2) is 3.95. The van der Waals surface area contributed by atoms with Gasteiger partial charge in [0.15, 0.2) is 0 Å². The molecule has 0 saturated heterocycles. The number of rotatable bonds is 0. The molecule has 20 heavy (non-hydrogen) atoms. The number of aromatic nitrogens is 1. The minimum atomic E-state index is 0.0270. The highest BCUT2D eigenvalue weighted by Crippen LogP contribution is 2.33. The Morgan fingerprint density at radius 2 is 1.65 bits per heavy atom. The summed E-state index contributed by atoms with van der Waals surface area (Å²) < 4.78 is 1.63. The van der Waals surface area contributed by atoms with E-state index in [4.69, 9.17) is 0 Å². The molecule has 0 atom stereocenters. The maximum Gasteiger partial charge on any atom is 0.258 e. The van der Waals surface area contributed by atoms with Gasteiger partial charge in [-0.25, -0.2) is 0 Å². The van der Waals surface area contributed by atoms with E-state index < -0.39 is 0 Å². The van der Waals surface area contributed by atoms with Crippen molar-refractivity contribution in [3.63, 3.8) is 0 Å². The normalized spacial score (nSPS) is 12.4. The molecule has 3 rings (SSSR count). The molecule has 2 nitrogen and oxygen atoms in total. The summed E-state index contributed by atoms with van der Waals surface area (Å²) in [6.45, 7) is 10.7. The van der Waals surface area contributed by atoms with Crippen molar-refractivity contribution in [2.45, 2.75) is 26.2 Å². The van der Waals surface area contributed by atoms with Crippen LogP contribution >= 0.6 is 0 Å². The Kier molecular flexibility index (Phi) is 2.55. The van der Waals surface area contributed by atoms with Gasteiger partial charge >= 0.3 is 0 Å². The molecule has 3 aromatic rings. The smallest absolute Gasteiger partial charge is 0.258 e. The summed E-state index contributed by atoms with van der Waals surface area (Å²) in [6.07, 6.45) is 0. The van der Waals surface area contributed by atoms with Gasteiger partial charge in [0.2, 0.25) is 0 Å². The Morgan fingerprint density at radius 3 is 2.30 bits per heavy atom. The molecular formula is C18H19NO. The second-order valence-electron chi connectivity index (χ2n) is 6.45. The van der Waals surface area contributed by atoms with Gasteiger partial charge in [0.05, 0.1) is 0 Å². The van der Waals surface area contributed by atoms with Crippen LogP contribution in [0.1, 0.15) is 26.3 Å². The largest absolute Gasteiger partial charge is 0.311 e. The van der Waals surface area contributed by atoms with E-state index in [0.29, 0.717) is 0 Å². The molecule has 0 spiro atoms. The number of benzene rings is 2. The zero-order valence-corrected chi connectivity index (χ0v) is 12.4. The molecule has 0 amide bonds. The van der Waals surface area contributed by atoms with Crippen LogP contribution in [0.25, 0.3) is 28.1 Å². The Morgan fingerprint density at radius 1 is 1.00 bits per heavy atom. The molecule has 0 unspecified atom stereocenters. The van der Waals surface area contributed by atoms with E-state index in [1.165, 1.54) is 5.56 Å². The molecule has 0 bridgehead atoms. The molecule has 0 radical (unpaired) electrons. The van der Waals surface area contributed by atoms with Crippen LogP contribution in [0.3, 0.4) is 0 Å². The summed E-state index contributed by atoms with van der Waals surface area (Å²) in [5.74, 6) is 0. The van der Waals surface area contributed by atoms with Crippen LogP contribution in [-0.2, 0) is 12.5 Å². The van der Waals surface area contributed by atoms with Gasteiger partial charge in [-0.3, -0.25) is 4.79 Å². The summed E-state index contributed by atoms with van der Waals surface area (Å²) in [5.41, 5.74) is 1.34. The maximum atomic E-state index is 12.4. The van der Waals surface area contributed by atoms with Crippen molar-refractivity contribution in [2.24, 2.45) is 7.05 Å². The van der Waals surface area contributed by atoms with Crippen LogP contribution in [0.4, 0.5) is 0 Å². The molecule has 0 fully saturated rings. The van der Waals surface area contributed by atoms with Gasteiger partial charge in [-0.2, -0.15) is 0 Å². The zero-order valence-electron chi connectivity index (χ0n) is 12.4. The first-order valence-corrected chi connectivity index (χ1v) is 6.86. The molecule has 0 saturated carbocycles. The van der Waals surface area contributed by atoms with E-state index in [-0.39, 0.29) is 11.0 Å². The van der Waals surface area contributed by atoms with Crippen LogP contribution in [-0.4, -0.2) is 4.57 Å². The van der Waals surface area contributed by atoms with Crippen molar-refractivity contribution >= 4 is 28.1 Å². The van der Waals surface area contributed by atoms with Crippen molar-refractivity contribution in [2.75, 3.05) is 0 Å². The van der Waals surface area contributed by atoms with E-state index in [9.17, 15) is 4.79 Å². The van der Waals surface area contributed by atoms with Crippen molar-refractivity contribution in [1.82, 2.24) is 4.57 Å². The second-order valence-corrected chi connectivity index (χ2v) is 6.45. The number of pyridine rings is 1. The van der Waals surface area contributed by atoms with Gasteiger partial charge in [0, 0.05) is 28.6 Å². The lowest BCUT2D eigenvalue weighted by Crippen LogP contribution is -2.30. The predicted molar refractivity (Wildman–Crippen MR) is 86.1 cm³/mol. The topological polar surface area (TPSA) is 22.0 Å². The fourth-order valence-electron chi connectivity index (χ4n) is 2.96. The average Bonchev–Trinajstić information content (AvgIpc) is 2.40. The number of hydrogen-bond acceptors (Lipinski definition) is 1. The first-order chi connectivity index (χ1) is 9.32. The Hall–Kier alpha value is -2.09. The van der Waals surface area contributed by atoms with Crippen LogP contribution in [0, 0.1) is 0 Å². The maximum absolute atomic E-state index is 12.4. The third-order valence-corrected chi connectivity index (χ3v) is 4.10. The highest BCUT2D eigenvalue weighted by molar-refractivity contribution is 6.11. The lowest BCUT2D eigenvalue weighted by Gasteiger charge is -2.22. The molecule has 0 aliphatic rings. The minimum absolute atomic E-state index is 0.0270. The summed E-state index contributed by atoms with van der Waals surface area (Å²) in [6, 6.07) is 10.2. The number of nitrogens with zero attached hydrogens (tertiary/aromatic N) is 1. The Balaban J connectivity index is 2.69. The van der Waals surface area contributed by atoms with E-state index in [0.717, 1.165) is 26.9 Å². The predicted octanol–water partition coefficient (Wildman–Crippen LogP) is 3.12. The van der Waals surface area contributed by atoms with Gasteiger partial charge in [-0.15, -0.1) is 0 Å². The highest BCUT2D eigenvalue weighted by Gasteiger charge is 2.19. The summed E-state index contributed by atoms with van der Waals surface area (Å²) in [4.78, 5) is 12.4. The summed E-state index contributed by atoms with van der Waals surface area (Å²) in [5, 5.41) is 4.83. The molecule has 0 N–H and O–H groups in total. The lowest BCUT2D eigenvalue weighted by molar-refractivity contribution is 0.596. The zero-order chi connectivity index (χ0) is 14.7. The average molecular weight is 265 g/mol. The van der Waals surface area contributed by atoms with Gasteiger partial charge in [-0.05, 0) is 22.4 Å². The van der Waals surface area contributed by atoms with Crippen molar-refractivity contribution in [3.8, 4) is 0 Å². The van der Waals surface area contributed by atoms with E-state index in [2.05, 4.69) is 39.5 Å². The third-order valence-electron chi connectivity index (χ3n) is 4.10. The standard InChI is InChI=1S/C18H19NO/c1-11-12-7-6-8-13-15(18(2,3)4)10-9-14(16(12)13)17(20)19(11)5/h6-10H,1H2,2-5H3. The van der Waals surface area contributed by atoms with Gasteiger partial charge in [0.1, 0.15) is 0 Å². The van der Waals surface area contributed by atoms with Crippen molar-refractivity contribution in [1.29, 1.82) is 0 Å². The van der Waals surface area contributed by atoms with Crippen LogP contribution < -0.4 is 10.9 Å². The molecule has 2 aromatic carbocycles. The highest BCUT2D eigenvalue weighted by atomic mass is 16.1. The first-order valence-electron chi connectivity index (χ1n) is 6.86. The van der Waals surface area contributed by atoms with E-state index in [1.807, 2.05) is 18.2 Å². The SMILES string of the molecule is C=c1c2cccc3c(C(C)(C)C)ccc(c(=O)n1C)c32. The summed E-state index contributed by atoms with van der Waals surface area (Å²) >= 11 is 0. The van der Waals surface area contributed by atoms with Gasteiger partial charge in [0.25, 0.3) is 5.56 Å². The van der Waals surface area contributed by atoms with Gasteiger partial charge in [-0.1, -0.05) is 51.6 Å². The monoisotopic (exact) mass is 265 g/mol.